The Morgan fingerprint density at radius 3 is 1.51 bits per heavy atom. The zero-order valence-electron chi connectivity index (χ0n) is 25.3. The van der Waals surface area contributed by atoms with Crippen molar-refractivity contribution in [3.63, 3.8) is 0 Å². The zero-order valence-corrected chi connectivity index (χ0v) is 25.3. The van der Waals surface area contributed by atoms with Gasteiger partial charge in [-0.1, -0.05) is 115 Å². The van der Waals surface area contributed by atoms with Crippen LogP contribution in [-0.2, 0) is 19.1 Å². The molecule has 0 bridgehead atoms. The van der Waals surface area contributed by atoms with Crippen molar-refractivity contribution in [2.75, 3.05) is 13.2 Å². The summed E-state index contributed by atoms with van der Waals surface area (Å²) in [6, 6.07) is 39.4. The highest BCUT2D eigenvalue weighted by Gasteiger charge is 2.35. The minimum atomic E-state index is -1.42. The molecule has 2 aliphatic carbocycles. The molecule has 7 heteroatoms. The molecule has 2 N–H and O–H groups in total. The number of nitrogens with two attached hydrogens (primary N) is 1. The molecule has 5 aromatic carbocycles. The van der Waals surface area contributed by atoms with E-state index >= 15 is 0 Å². The van der Waals surface area contributed by atoms with Gasteiger partial charge in [-0.2, -0.15) is 0 Å². The van der Waals surface area contributed by atoms with E-state index in [9.17, 15) is 14.4 Å². The largest absolute Gasteiger partial charge is 0.464 e. The predicted octanol–water partition coefficient (Wildman–Crippen LogP) is 7.36. The van der Waals surface area contributed by atoms with E-state index in [0.29, 0.717) is 16.5 Å². The quantitative estimate of drug-likeness (QED) is 0.149. The molecule has 1 heterocycles. The fourth-order valence-corrected chi connectivity index (χ4v) is 7.34. The van der Waals surface area contributed by atoms with Gasteiger partial charge in [-0.15, -0.1) is 0 Å². The standard InChI is InChI=1S/C40H30N2O5/c41-38(43)37(39(44)46-22-34-28-15-5-1-11-24(28)25-12-2-6-16-29(25)34)33-21-42(36-20-10-9-19-32(33)36)40(45)47-23-35-30-17-7-3-13-26(30)27-14-4-8-18-31(27)35/h1-21,34-35,37H,22-23H2,(H2,41,43)/t37-/m1/s1. The van der Waals surface area contributed by atoms with Gasteiger partial charge in [0.05, 0.1) is 5.52 Å². The monoisotopic (exact) mass is 618 g/mol. The Hall–Kier alpha value is -5.95. The molecule has 0 saturated heterocycles. The lowest BCUT2D eigenvalue weighted by atomic mass is 9.96. The molecule has 0 radical (unpaired) electrons. The summed E-state index contributed by atoms with van der Waals surface area (Å²) in [5, 5.41) is 0.540. The van der Waals surface area contributed by atoms with E-state index in [-0.39, 0.29) is 25.0 Å². The van der Waals surface area contributed by atoms with E-state index in [1.807, 2.05) is 60.7 Å². The molecular formula is C40H30N2O5. The van der Waals surface area contributed by atoms with E-state index in [2.05, 4.69) is 36.4 Å². The first kappa shape index (κ1) is 28.5. The number of carbonyl (C=O) groups excluding carboxylic acids is 3. The summed E-state index contributed by atoms with van der Waals surface area (Å²) in [6.07, 6.45) is 0.852. The van der Waals surface area contributed by atoms with Crippen molar-refractivity contribution in [3.05, 3.63) is 155 Å². The number of hydrogen-bond acceptors (Lipinski definition) is 5. The fraction of sp³-hybridized carbons (Fsp3) is 0.125. The van der Waals surface area contributed by atoms with Crippen molar-refractivity contribution < 1.29 is 23.9 Å². The molecule has 7 nitrogen and oxygen atoms in total. The van der Waals surface area contributed by atoms with E-state index in [4.69, 9.17) is 15.2 Å². The third-order valence-corrected chi connectivity index (χ3v) is 9.46. The Balaban J connectivity index is 1.06. The van der Waals surface area contributed by atoms with Crippen LogP contribution in [0, 0.1) is 0 Å². The first-order valence-corrected chi connectivity index (χ1v) is 15.6. The Labute approximate surface area is 271 Å². The highest BCUT2D eigenvalue weighted by molar-refractivity contribution is 6.07. The number of nitrogens with zero attached hydrogens (tertiary/aromatic N) is 1. The van der Waals surface area contributed by atoms with Crippen LogP contribution in [0.5, 0.6) is 0 Å². The number of para-hydroxylation sites is 1. The van der Waals surface area contributed by atoms with Gasteiger partial charge in [0.1, 0.15) is 13.2 Å². The Kier molecular flexibility index (Phi) is 6.94. The number of primary amides is 1. The van der Waals surface area contributed by atoms with E-state index in [1.165, 1.54) is 10.8 Å². The maximum absolute atomic E-state index is 13.7. The molecule has 0 saturated carbocycles. The fourth-order valence-electron chi connectivity index (χ4n) is 7.34. The number of ether oxygens (including phenoxy) is 2. The van der Waals surface area contributed by atoms with E-state index in [1.54, 1.807) is 24.3 Å². The number of benzene rings is 5. The highest BCUT2D eigenvalue weighted by atomic mass is 16.6. The molecule has 1 atom stereocenters. The molecule has 1 amide bonds. The highest BCUT2D eigenvalue weighted by Crippen LogP contribution is 2.46. The number of carbonyl (C=O) groups is 3. The Morgan fingerprint density at radius 1 is 0.596 bits per heavy atom. The van der Waals surface area contributed by atoms with Crippen molar-refractivity contribution >= 4 is 28.9 Å². The summed E-state index contributed by atoms with van der Waals surface area (Å²) < 4.78 is 13.1. The van der Waals surface area contributed by atoms with Gasteiger partial charge in [0, 0.05) is 29.0 Å². The minimum absolute atomic E-state index is 0.0433. The molecule has 0 spiro atoms. The number of rotatable bonds is 7. The molecule has 0 unspecified atom stereocenters. The number of esters is 1. The molecular weight excluding hydrogens is 588 g/mol. The molecule has 8 rings (SSSR count). The first-order chi connectivity index (χ1) is 23.0. The average Bonchev–Trinajstić information content (AvgIpc) is 3.75. The summed E-state index contributed by atoms with van der Waals surface area (Å²) in [7, 11) is 0. The normalized spacial score (nSPS) is 13.8. The van der Waals surface area contributed by atoms with Crippen molar-refractivity contribution in [2.24, 2.45) is 5.73 Å². The smallest absolute Gasteiger partial charge is 0.418 e. The minimum Gasteiger partial charge on any atom is -0.464 e. The van der Waals surface area contributed by atoms with Crippen LogP contribution >= 0.6 is 0 Å². The summed E-state index contributed by atoms with van der Waals surface area (Å²) in [4.78, 5) is 40.2. The van der Waals surface area contributed by atoms with Gasteiger partial charge < -0.3 is 15.2 Å². The average molecular weight is 619 g/mol. The van der Waals surface area contributed by atoms with Crippen LogP contribution in [0.25, 0.3) is 33.2 Å². The van der Waals surface area contributed by atoms with Crippen LogP contribution < -0.4 is 5.73 Å². The third kappa shape index (κ3) is 4.70. The maximum Gasteiger partial charge on any atom is 0.418 e. The maximum atomic E-state index is 13.7. The number of hydrogen-bond donors (Lipinski definition) is 1. The van der Waals surface area contributed by atoms with Gasteiger partial charge >= 0.3 is 12.1 Å². The number of amides is 1. The molecule has 230 valence electrons. The Bertz CT molecular complexity index is 2130. The van der Waals surface area contributed by atoms with E-state index < -0.39 is 23.9 Å². The summed E-state index contributed by atoms with van der Waals surface area (Å²) >= 11 is 0. The van der Waals surface area contributed by atoms with Gasteiger partial charge in [0.15, 0.2) is 5.92 Å². The van der Waals surface area contributed by atoms with Gasteiger partial charge in [-0.05, 0) is 50.6 Å². The Morgan fingerprint density at radius 2 is 1.02 bits per heavy atom. The molecule has 2 aliphatic rings. The van der Waals surface area contributed by atoms with Crippen molar-refractivity contribution in [1.82, 2.24) is 4.57 Å². The summed E-state index contributed by atoms with van der Waals surface area (Å²) in [6.45, 7) is 0.169. The topological polar surface area (TPSA) is 101 Å². The zero-order chi connectivity index (χ0) is 32.1. The number of aromatic nitrogens is 1. The van der Waals surface area contributed by atoms with Crippen LogP contribution in [0.2, 0.25) is 0 Å². The second-order valence-corrected chi connectivity index (χ2v) is 12.0. The molecule has 6 aromatic rings. The molecule has 0 aliphatic heterocycles. The lowest BCUT2D eigenvalue weighted by Crippen LogP contribution is -2.30. The summed E-state index contributed by atoms with van der Waals surface area (Å²) in [5.41, 5.74) is 15.4. The van der Waals surface area contributed by atoms with Crippen molar-refractivity contribution in [3.8, 4) is 22.3 Å². The molecule has 0 fully saturated rings. The number of fused-ring (bicyclic) bond motifs is 7. The van der Waals surface area contributed by atoms with Crippen LogP contribution in [0.3, 0.4) is 0 Å². The second-order valence-electron chi connectivity index (χ2n) is 12.0. The lowest BCUT2D eigenvalue weighted by molar-refractivity contribution is -0.148. The van der Waals surface area contributed by atoms with Crippen LogP contribution in [-0.4, -0.2) is 35.8 Å². The van der Waals surface area contributed by atoms with Crippen LogP contribution in [0.15, 0.2) is 128 Å². The van der Waals surface area contributed by atoms with Gasteiger partial charge in [-0.25, -0.2) is 4.79 Å². The third-order valence-electron chi connectivity index (χ3n) is 9.46. The van der Waals surface area contributed by atoms with Gasteiger partial charge in [0.2, 0.25) is 5.91 Å². The molecule has 1 aromatic heterocycles. The van der Waals surface area contributed by atoms with Crippen molar-refractivity contribution in [1.29, 1.82) is 0 Å². The summed E-state index contributed by atoms with van der Waals surface area (Å²) in [5.74, 6) is -3.35. The lowest BCUT2D eigenvalue weighted by Gasteiger charge is -2.17. The first-order valence-electron chi connectivity index (χ1n) is 15.6. The van der Waals surface area contributed by atoms with Gasteiger partial charge in [0.25, 0.3) is 0 Å². The predicted molar refractivity (Wildman–Crippen MR) is 179 cm³/mol. The van der Waals surface area contributed by atoms with Crippen molar-refractivity contribution in [2.45, 2.75) is 17.8 Å². The van der Waals surface area contributed by atoms with E-state index in [0.717, 1.165) is 44.5 Å². The SMILES string of the molecule is NC(=O)[C@H](C(=O)OCC1c2ccccc2-c2ccccc21)c1cn(C(=O)OCC2c3ccccc3-c3ccccc32)c2ccccc12. The van der Waals surface area contributed by atoms with Crippen LogP contribution in [0.1, 0.15) is 45.6 Å². The molecule has 47 heavy (non-hydrogen) atoms. The second kappa shape index (κ2) is 11.4. The van der Waals surface area contributed by atoms with Gasteiger partial charge in [-0.3, -0.25) is 14.2 Å². The van der Waals surface area contributed by atoms with Crippen LogP contribution in [0.4, 0.5) is 4.79 Å².